The van der Waals surface area contributed by atoms with Gasteiger partial charge in [-0.15, -0.1) is 0 Å². The summed E-state index contributed by atoms with van der Waals surface area (Å²) in [6, 6.07) is 0. The zero-order chi connectivity index (χ0) is 4.99. The molecule has 0 aromatic heterocycles. The molecule has 0 amide bonds. The highest BCUT2D eigenvalue weighted by Gasteiger charge is 1.84. The van der Waals surface area contributed by atoms with Gasteiger partial charge in [0.25, 0.3) is 0 Å². The van der Waals surface area contributed by atoms with Gasteiger partial charge < -0.3 is 0 Å². The third-order valence-corrected chi connectivity index (χ3v) is 1.07. The molecule has 0 rings (SSSR count). The Hall–Kier alpha value is -0.410. The second-order valence-corrected chi connectivity index (χ2v) is 2.30. The highest BCUT2D eigenvalue weighted by Crippen LogP contribution is 2.27. The molecule has 1 atom stereocenters. The Balaban J connectivity index is 3.30. The molecule has 0 saturated carbocycles. The van der Waals surface area contributed by atoms with E-state index >= 15 is 0 Å². The van der Waals surface area contributed by atoms with E-state index in [1.807, 2.05) is 5.81 Å². The lowest BCUT2D eigenvalue weighted by Gasteiger charge is -1.81. The summed E-state index contributed by atoms with van der Waals surface area (Å²) < 4.78 is 3.46. The molecule has 0 aromatic rings. The van der Waals surface area contributed by atoms with Crippen molar-refractivity contribution >= 4 is 14.8 Å². The quantitative estimate of drug-likeness (QED) is 0.360. The lowest BCUT2D eigenvalue weighted by Crippen LogP contribution is -1.49. The van der Waals surface area contributed by atoms with E-state index in [0.29, 0.717) is 0 Å². The fourth-order valence-corrected chi connectivity index (χ4v) is 0.0949. The first-order valence-corrected chi connectivity index (χ1v) is 3.15. The summed E-state index contributed by atoms with van der Waals surface area (Å²) in [5.74, 6) is 1.95. The van der Waals surface area contributed by atoms with Crippen LogP contribution in [0.1, 0.15) is 0 Å². The molecule has 6 heavy (non-hydrogen) atoms. The molecule has 32 valence electrons. The molecule has 0 fully saturated rings. The number of nitrogens with zero attached hydrogens (tertiary/aromatic N) is 2. The maximum absolute atomic E-state index is 7.98. The van der Waals surface area contributed by atoms with Gasteiger partial charge in [-0.2, -0.15) is 5.26 Å². The van der Waals surface area contributed by atoms with Crippen LogP contribution in [0.25, 0.3) is 0 Å². The molecule has 0 aliphatic rings. The van der Waals surface area contributed by atoms with Gasteiger partial charge in [0, 0.05) is 0 Å². The Kier molecular flexibility index (Phi) is 2.62. The zero-order valence-corrected chi connectivity index (χ0v) is 4.44. The van der Waals surface area contributed by atoms with Crippen LogP contribution in [0.5, 0.6) is 0 Å². The van der Waals surface area contributed by atoms with Crippen LogP contribution in [0.15, 0.2) is 4.76 Å². The Bertz CT molecular complexity index is 83.3. The lowest BCUT2D eigenvalue weighted by atomic mass is 11.8. The summed E-state index contributed by atoms with van der Waals surface area (Å²) in [6.07, 6.45) is 0. The molecule has 0 aromatic carbocycles. The topological polar surface area (TPSA) is 36.1 Å². The molecule has 2 nitrogen and oxygen atoms in total. The maximum atomic E-state index is 7.98. The van der Waals surface area contributed by atoms with Gasteiger partial charge in [0.15, 0.2) is 0 Å². The van der Waals surface area contributed by atoms with E-state index < -0.39 is 8.07 Å². The van der Waals surface area contributed by atoms with Gasteiger partial charge in [0.1, 0.15) is 13.9 Å². The summed E-state index contributed by atoms with van der Waals surface area (Å²) >= 11 is 0. The van der Waals surface area contributed by atoms with E-state index in [2.05, 4.69) is 11.5 Å². The minimum atomic E-state index is -0.757. The van der Waals surface area contributed by atoms with Crippen molar-refractivity contribution < 1.29 is 0 Å². The summed E-state index contributed by atoms with van der Waals surface area (Å²) in [6.45, 7) is 4.94. The third-order valence-electron chi connectivity index (χ3n) is 0.357. The predicted molar refractivity (Wildman–Crippen MR) is 28.0 cm³/mol. The average Bonchev–Trinajstić information content (AvgIpc) is 1.65. The molecule has 0 spiro atoms. The Morgan fingerprint density at radius 1 is 2.00 bits per heavy atom. The third kappa shape index (κ3) is 1.87. The van der Waals surface area contributed by atoms with Crippen molar-refractivity contribution in [3.63, 3.8) is 0 Å². The van der Waals surface area contributed by atoms with Gasteiger partial charge in [-0.05, 0) is 13.4 Å². The monoisotopic (exact) mass is 100 g/mol. The Morgan fingerprint density at radius 3 is 2.50 bits per heavy atom. The number of rotatable bonds is 1. The van der Waals surface area contributed by atoms with Gasteiger partial charge in [-0.3, -0.25) is 4.76 Å². The summed E-state index contributed by atoms with van der Waals surface area (Å²) in [5, 5.41) is 7.98. The standard InChI is InChI=1S/C3H5N2P/c1-5-6(2)3-4/h1H2,2H3. The molecule has 0 N–H and O–H groups in total. The van der Waals surface area contributed by atoms with Crippen LogP contribution in [-0.4, -0.2) is 13.4 Å². The largest absolute Gasteiger partial charge is 0.262 e. The smallest absolute Gasteiger partial charge is 0.119 e. The minimum Gasteiger partial charge on any atom is -0.262 e. The van der Waals surface area contributed by atoms with Crippen LogP contribution in [-0.2, 0) is 0 Å². The summed E-state index contributed by atoms with van der Waals surface area (Å²) in [5.41, 5.74) is 0. The second kappa shape index (κ2) is 2.81. The first kappa shape index (κ1) is 5.59. The normalized spacial score (nSPS) is 12.0. The van der Waals surface area contributed by atoms with Crippen LogP contribution in [0.4, 0.5) is 0 Å². The summed E-state index contributed by atoms with van der Waals surface area (Å²) in [7, 11) is -0.757. The van der Waals surface area contributed by atoms with Crippen LogP contribution >= 0.6 is 8.07 Å². The van der Waals surface area contributed by atoms with Gasteiger partial charge in [0.2, 0.25) is 0 Å². The van der Waals surface area contributed by atoms with E-state index in [-0.39, 0.29) is 0 Å². The van der Waals surface area contributed by atoms with Crippen molar-refractivity contribution in [2.75, 3.05) is 6.66 Å². The summed E-state index contributed by atoms with van der Waals surface area (Å²) in [4.78, 5) is 0. The molecular formula is C3H5N2P. The molecule has 0 aliphatic heterocycles. The van der Waals surface area contributed by atoms with Crippen LogP contribution in [0, 0.1) is 11.1 Å². The fraction of sp³-hybridized carbons (Fsp3) is 0.333. The number of nitriles is 1. The van der Waals surface area contributed by atoms with Crippen LogP contribution < -0.4 is 0 Å². The molecule has 1 unspecified atom stereocenters. The van der Waals surface area contributed by atoms with E-state index in [0.717, 1.165) is 0 Å². The molecule has 0 saturated heterocycles. The molecule has 0 aliphatic carbocycles. The molecule has 0 heterocycles. The van der Waals surface area contributed by atoms with E-state index in [4.69, 9.17) is 5.26 Å². The first-order valence-electron chi connectivity index (χ1n) is 1.41. The van der Waals surface area contributed by atoms with Crippen molar-refractivity contribution in [2.24, 2.45) is 4.76 Å². The van der Waals surface area contributed by atoms with Crippen molar-refractivity contribution in [1.82, 2.24) is 0 Å². The van der Waals surface area contributed by atoms with Crippen molar-refractivity contribution in [1.29, 1.82) is 5.26 Å². The van der Waals surface area contributed by atoms with Crippen molar-refractivity contribution in [3.05, 3.63) is 0 Å². The Labute approximate surface area is 38.3 Å². The zero-order valence-electron chi connectivity index (χ0n) is 3.55. The highest BCUT2D eigenvalue weighted by molar-refractivity contribution is 7.60. The Morgan fingerprint density at radius 2 is 2.50 bits per heavy atom. The fourth-order valence-electron chi connectivity index (χ4n) is 0.0316. The molecule has 0 radical (unpaired) electrons. The van der Waals surface area contributed by atoms with E-state index in [9.17, 15) is 0 Å². The molecule has 0 bridgehead atoms. The molecule has 3 heteroatoms. The highest BCUT2D eigenvalue weighted by atomic mass is 31.1. The van der Waals surface area contributed by atoms with E-state index in [1.165, 1.54) is 0 Å². The SMILES string of the molecule is C=NP(C)C#N. The first-order chi connectivity index (χ1) is 2.81. The minimum absolute atomic E-state index is 0.757. The van der Waals surface area contributed by atoms with Gasteiger partial charge in [-0.25, -0.2) is 0 Å². The van der Waals surface area contributed by atoms with Crippen molar-refractivity contribution in [2.45, 2.75) is 0 Å². The second-order valence-electron chi connectivity index (χ2n) is 0.765. The van der Waals surface area contributed by atoms with E-state index in [1.54, 1.807) is 6.66 Å². The van der Waals surface area contributed by atoms with Gasteiger partial charge in [0.05, 0.1) is 0 Å². The molecular weight excluding hydrogens is 95.0 g/mol. The van der Waals surface area contributed by atoms with Crippen molar-refractivity contribution in [3.8, 4) is 5.81 Å². The van der Waals surface area contributed by atoms with Gasteiger partial charge in [-0.1, -0.05) is 0 Å². The lowest BCUT2D eigenvalue weighted by molar-refractivity contribution is 1.56. The number of hydrogen-bond donors (Lipinski definition) is 0. The van der Waals surface area contributed by atoms with Crippen LogP contribution in [0.2, 0.25) is 0 Å². The average molecular weight is 100 g/mol. The number of hydrogen-bond acceptors (Lipinski definition) is 2. The predicted octanol–water partition coefficient (Wildman–Crippen LogP) is 1.19. The maximum Gasteiger partial charge on any atom is 0.119 e. The van der Waals surface area contributed by atoms with Gasteiger partial charge >= 0.3 is 0 Å². The van der Waals surface area contributed by atoms with Crippen LogP contribution in [0.3, 0.4) is 0 Å².